The number of carbonyl (C=O) groups excluding carboxylic acids is 1. The maximum Gasteiger partial charge on any atom is 0.209 e. The second-order valence-electron chi connectivity index (χ2n) is 9.63. The average Bonchev–Trinajstić information content (AvgIpc) is 3.33. The van der Waals surface area contributed by atoms with E-state index in [9.17, 15) is 4.79 Å². The first-order valence-electron chi connectivity index (χ1n) is 12.7. The minimum atomic E-state index is 0.258. The molecule has 1 aliphatic rings. The Morgan fingerprint density at radius 3 is 2.62 bits per heavy atom. The van der Waals surface area contributed by atoms with Crippen LogP contribution < -0.4 is 10.1 Å². The van der Waals surface area contributed by atoms with Crippen LogP contribution in [0.5, 0.6) is 5.75 Å². The van der Waals surface area contributed by atoms with Crippen LogP contribution in [0.2, 0.25) is 0 Å². The fourth-order valence-corrected chi connectivity index (χ4v) is 4.79. The van der Waals surface area contributed by atoms with Crippen LogP contribution in [0, 0.1) is 0 Å². The molecule has 1 saturated heterocycles. The van der Waals surface area contributed by atoms with Crippen LogP contribution in [-0.4, -0.2) is 66.9 Å². The second kappa shape index (κ2) is 12.4. The molecule has 0 bridgehead atoms. The summed E-state index contributed by atoms with van der Waals surface area (Å²) in [6.45, 7) is 2.57. The molecule has 1 N–H and O–H groups in total. The highest BCUT2D eigenvalue weighted by atomic mass is 16.5. The van der Waals surface area contributed by atoms with Gasteiger partial charge >= 0.3 is 0 Å². The van der Waals surface area contributed by atoms with E-state index in [1.807, 2.05) is 42.3 Å². The van der Waals surface area contributed by atoms with Crippen LogP contribution in [0.15, 0.2) is 72.9 Å². The van der Waals surface area contributed by atoms with Gasteiger partial charge in [0.15, 0.2) is 0 Å². The van der Waals surface area contributed by atoms with Gasteiger partial charge in [-0.3, -0.25) is 4.79 Å². The first-order chi connectivity index (χ1) is 18.0. The summed E-state index contributed by atoms with van der Waals surface area (Å²) >= 11 is 0. The number of rotatable bonds is 7. The van der Waals surface area contributed by atoms with Crippen LogP contribution >= 0.6 is 0 Å². The summed E-state index contributed by atoms with van der Waals surface area (Å²) in [5.41, 5.74) is 5.58. The largest absolute Gasteiger partial charge is 0.497 e. The standard InChI is InChI=1S/C20H21N3O2.C10H16N2/c1-25-17-8-4-6-15(12-17)19-18-9-2-3-11-23(18)20(21-19)16-7-5-10-22(13-16)14-24;1-11-10-6-4-9(5-7-10)8-12(2)3/h2-4,6,8-9,11-12,14,16H,5,7,10,13H2,1H3;4-7,11H,8H2,1-3H3. The SMILES string of the molecule is CNc1ccc(CN(C)C)cc1.COc1cccc(-c2nc(C3CCCN(C=O)C3)n3ccccc23)c1. The second-order valence-corrected chi connectivity index (χ2v) is 9.63. The van der Waals surface area contributed by atoms with Crippen molar-refractivity contribution in [1.82, 2.24) is 19.2 Å². The van der Waals surface area contributed by atoms with Gasteiger partial charge in [0.05, 0.1) is 18.3 Å². The molecule has 0 radical (unpaired) electrons. The van der Waals surface area contributed by atoms with Gasteiger partial charge in [0, 0.05) is 50.0 Å². The Labute approximate surface area is 219 Å². The van der Waals surface area contributed by atoms with Crippen molar-refractivity contribution < 1.29 is 9.53 Å². The summed E-state index contributed by atoms with van der Waals surface area (Å²) in [6, 6.07) is 22.6. The van der Waals surface area contributed by atoms with Gasteiger partial charge in [-0.05, 0) is 68.9 Å². The number of amides is 1. The van der Waals surface area contributed by atoms with E-state index in [1.54, 1.807) is 7.11 Å². The van der Waals surface area contributed by atoms with E-state index in [2.05, 4.69) is 71.3 Å². The molecule has 3 heterocycles. The van der Waals surface area contributed by atoms with E-state index in [0.717, 1.165) is 72.9 Å². The molecule has 1 fully saturated rings. The number of carbonyl (C=O) groups is 1. The number of benzene rings is 2. The third-order valence-corrected chi connectivity index (χ3v) is 6.63. The van der Waals surface area contributed by atoms with Crippen LogP contribution in [0.25, 0.3) is 16.8 Å². The molecule has 2 aromatic heterocycles. The van der Waals surface area contributed by atoms with Gasteiger partial charge in [-0.2, -0.15) is 0 Å². The van der Waals surface area contributed by atoms with Gasteiger partial charge in [0.1, 0.15) is 11.6 Å². The third-order valence-electron chi connectivity index (χ3n) is 6.63. The number of nitrogens with one attached hydrogen (secondary N) is 1. The number of pyridine rings is 1. The third kappa shape index (κ3) is 6.49. The Kier molecular flexibility index (Phi) is 8.80. The van der Waals surface area contributed by atoms with Gasteiger partial charge in [-0.15, -0.1) is 0 Å². The molecular weight excluding hydrogens is 462 g/mol. The predicted octanol–water partition coefficient (Wildman–Crippen LogP) is 5.14. The zero-order chi connectivity index (χ0) is 26.2. The smallest absolute Gasteiger partial charge is 0.209 e. The number of piperidine rings is 1. The lowest BCUT2D eigenvalue weighted by Gasteiger charge is -2.29. The number of likely N-dealkylation sites (tertiary alicyclic amines) is 1. The highest BCUT2D eigenvalue weighted by Crippen LogP contribution is 2.32. The summed E-state index contributed by atoms with van der Waals surface area (Å²) in [5.74, 6) is 2.11. The number of hydrogen-bond acceptors (Lipinski definition) is 5. The molecule has 2 aromatic carbocycles. The minimum absolute atomic E-state index is 0.258. The van der Waals surface area contributed by atoms with Gasteiger partial charge in [-0.1, -0.05) is 30.3 Å². The lowest BCUT2D eigenvalue weighted by Crippen LogP contribution is -2.33. The molecule has 194 valence electrons. The molecule has 5 rings (SSSR count). The van der Waals surface area contributed by atoms with Gasteiger partial charge in [0.25, 0.3) is 0 Å². The van der Waals surface area contributed by atoms with Crippen molar-refractivity contribution in [3.8, 4) is 17.0 Å². The molecule has 0 aliphatic carbocycles. The lowest BCUT2D eigenvalue weighted by molar-refractivity contribution is -0.119. The van der Waals surface area contributed by atoms with E-state index in [0.29, 0.717) is 0 Å². The molecule has 7 heteroatoms. The molecule has 1 aliphatic heterocycles. The Bertz CT molecular complexity index is 1300. The average molecular weight is 500 g/mol. The van der Waals surface area contributed by atoms with Crippen LogP contribution in [0.3, 0.4) is 0 Å². The molecular formula is C30H37N5O2. The van der Waals surface area contributed by atoms with Crippen molar-refractivity contribution in [2.45, 2.75) is 25.3 Å². The first kappa shape index (κ1) is 26.2. The van der Waals surface area contributed by atoms with Crippen molar-refractivity contribution in [1.29, 1.82) is 0 Å². The fraction of sp³-hybridized carbons (Fsp3) is 0.333. The van der Waals surface area contributed by atoms with E-state index in [4.69, 9.17) is 9.72 Å². The number of hydrogen-bond donors (Lipinski definition) is 1. The molecule has 1 amide bonds. The quantitative estimate of drug-likeness (QED) is 0.357. The summed E-state index contributed by atoms with van der Waals surface area (Å²) in [5, 5.41) is 3.09. The van der Waals surface area contributed by atoms with E-state index < -0.39 is 0 Å². The molecule has 1 atom stereocenters. The van der Waals surface area contributed by atoms with Crippen LogP contribution in [-0.2, 0) is 11.3 Å². The molecule has 0 spiro atoms. The van der Waals surface area contributed by atoms with Gasteiger partial charge in [-0.25, -0.2) is 4.98 Å². The van der Waals surface area contributed by atoms with Crippen LogP contribution in [0.4, 0.5) is 5.69 Å². The highest BCUT2D eigenvalue weighted by Gasteiger charge is 2.25. The van der Waals surface area contributed by atoms with Crippen molar-refractivity contribution in [2.24, 2.45) is 0 Å². The predicted molar refractivity (Wildman–Crippen MR) is 150 cm³/mol. The topological polar surface area (TPSA) is 62.1 Å². The Hall–Kier alpha value is -3.84. The summed E-state index contributed by atoms with van der Waals surface area (Å²) < 4.78 is 7.52. The Balaban J connectivity index is 0.000000225. The highest BCUT2D eigenvalue weighted by molar-refractivity contribution is 5.78. The Morgan fingerprint density at radius 1 is 1.11 bits per heavy atom. The van der Waals surface area contributed by atoms with Crippen molar-refractivity contribution >= 4 is 17.6 Å². The van der Waals surface area contributed by atoms with E-state index in [-0.39, 0.29) is 5.92 Å². The summed E-state index contributed by atoms with van der Waals surface area (Å²) in [6.07, 6.45) is 5.07. The minimum Gasteiger partial charge on any atom is -0.497 e. The van der Waals surface area contributed by atoms with Gasteiger partial charge < -0.3 is 24.3 Å². The molecule has 0 saturated carbocycles. The number of fused-ring (bicyclic) bond motifs is 1. The molecule has 7 nitrogen and oxygen atoms in total. The van der Waals surface area contributed by atoms with Crippen LogP contribution in [0.1, 0.15) is 30.1 Å². The van der Waals surface area contributed by atoms with Crippen molar-refractivity contribution in [3.63, 3.8) is 0 Å². The van der Waals surface area contributed by atoms with Crippen molar-refractivity contribution in [2.75, 3.05) is 46.7 Å². The molecule has 1 unspecified atom stereocenters. The number of imidazole rings is 1. The first-order valence-corrected chi connectivity index (χ1v) is 12.7. The van der Waals surface area contributed by atoms with E-state index in [1.165, 1.54) is 5.56 Å². The number of anilines is 1. The summed E-state index contributed by atoms with van der Waals surface area (Å²) in [7, 11) is 7.75. The number of nitrogens with zero attached hydrogens (tertiary/aromatic N) is 4. The fourth-order valence-electron chi connectivity index (χ4n) is 4.79. The zero-order valence-electron chi connectivity index (χ0n) is 22.2. The van der Waals surface area contributed by atoms with Gasteiger partial charge in [0.2, 0.25) is 6.41 Å². The lowest BCUT2D eigenvalue weighted by atomic mass is 9.97. The Morgan fingerprint density at radius 2 is 1.92 bits per heavy atom. The molecule has 4 aromatic rings. The maximum absolute atomic E-state index is 11.2. The number of aromatic nitrogens is 2. The van der Waals surface area contributed by atoms with Crippen molar-refractivity contribution in [3.05, 3.63) is 84.3 Å². The number of ether oxygens (including phenoxy) is 1. The normalized spacial score (nSPS) is 15.3. The monoisotopic (exact) mass is 499 g/mol. The summed E-state index contributed by atoms with van der Waals surface area (Å²) in [4.78, 5) is 20.2. The number of methoxy groups -OCH3 is 1. The van der Waals surface area contributed by atoms with E-state index >= 15 is 0 Å². The zero-order valence-corrected chi connectivity index (χ0v) is 22.2. The maximum atomic E-state index is 11.2. The molecule has 37 heavy (non-hydrogen) atoms.